The number of aromatic nitrogens is 2. The van der Waals surface area contributed by atoms with E-state index in [0.717, 1.165) is 6.54 Å². The third-order valence-electron chi connectivity index (χ3n) is 4.23. The lowest BCUT2D eigenvalue weighted by atomic mass is 10.0. The maximum Gasteiger partial charge on any atom is 0.0530 e. The van der Waals surface area contributed by atoms with Crippen molar-refractivity contribution in [3.63, 3.8) is 0 Å². The van der Waals surface area contributed by atoms with Crippen LogP contribution < -0.4 is 0 Å². The summed E-state index contributed by atoms with van der Waals surface area (Å²) in [5, 5.41) is 5.06. The second-order valence-electron chi connectivity index (χ2n) is 5.41. The monoisotopic (exact) mass is 272 g/mol. The lowest BCUT2D eigenvalue weighted by molar-refractivity contribution is 0.898. The zero-order valence-corrected chi connectivity index (χ0v) is 12.0. The minimum absolute atomic E-state index is 0.821. The molecule has 0 unspecified atom stereocenters. The topological polar surface area (TPSA) is 17.8 Å². The number of pyridine rings is 1. The lowest BCUT2D eigenvalue weighted by Crippen LogP contribution is -1.96. The van der Waals surface area contributed by atoms with Gasteiger partial charge in [-0.1, -0.05) is 24.3 Å². The van der Waals surface area contributed by atoms with Crippen molar-refractivity contribution in [2.75, 3.05) is 0 Å². The van der Waals surface area contributed by atoms with Gasteiger partial charge in [0, 0.05) is 40.6 Å². The third kappa shape index (κ3) is 1.62. The van der Waals surface area contributed by atoms with Crippen LogP contribution in [0.15, 0.2) is 61.4 Å². The van der Waals surface area contributed by atoms with E-state index >= 15 is 0 Å². The molecule has 0 aliphatic carbocycles. The van der Waals surface area contributed by atoms with Crippen LogP contribution in [0.1, 0.15) is 5.56 Å². The molecule has 4 rings (SSSR count). The first-order valence-corrected chi connectivity index (χ1v) is 7.16. The standard InChI is InChI=1S/C19H16N2/c1-3-10-21-18-7-5-4-6-16(18)17-11-14-12-20-9-8-15(14)13(2)19(17)21/h3-9,11-12H,1,10H2,2H3. The molecule has 0 aliphatic heterocycles. The Morgan fingerprint density at radius 3 is 2.86 bits per heavy atom. The number of allylic oxidation sites excluding steroid dienone is 1. The minimum atomic E-state index is 0.821. The number of fused-ring (bicyclic) bond motifs is 4. The predicted octanol–water partition coefficient (Wildman–Crippen LogP) is 4.84. The van der Waals surface area contributed by atoms with E-state index in [9.17, 15) is 0 Å². The van der Waals surface area contributed by atoms with E-state index in [4.69, 9.17) is 0 Å². The Kier molecular flexibility index (Phi) is 2.58. The summed E-state index contributed by atoms with van der Waals surface area (Å²) >= 11 is 0. The molecule has 102 valence electrons. The van der Waals surface area contributed by atoms with Crippen molar-refractivity contribution in [2.45, 2.75) is 13.5 Å². The van der Waals surface area contributed by atoms with Gasteiger partial charge in [-0.25, -0.2) is 0 Å². The quantitative estimate of drug-likeness (QED) is 0.477. The number of rotatable bonds is 2. The summed E-state index contributed by atoms with van der Waals surface area (Å²) in [5.74, 6) is 0. The second-order valence-corrected chi connectivity index (χ2v) is 5.41. The summed E-state index contributed by atoms with van der Waals surface area (Å²) in [4.78, 5) is 4.26. The molecular weight excluding hydrogens is 256 g/mol. The summed E-state index contributed by atoms with van der Waals surface area (Å²) in [5.41, 5.74) is 3.87. The Hall–Kier alpha value is -2.61. The summed E-state index contributed by atoms with van der Waals surface area (Å²) in [7, 11) is 0. The van der Waals surface area contributed by atoms with Gasteiger partial charge in [-0.2, -0.15) is 0 Å². The van der Waals surface area contributed by atoms with Gasteiger partial charge in [0.15, 0.2) is 0 Å². The first-order chi connectivity index (χ1) is 10.3. The van der Waals surface area contributed by atoms with Gasteiger partial charge >= 0.3 is 0 Å². The van der Waals surface area contributed by atoms with Crippen LogP contribution >= 0.6 is 0 Å². The molecule has 0 N–H and O–H groups in total. The van der Waals surface area contributed by atoms with Gasteiger partial charge in [0.05, 0.1) is 5.52 Å². The Balaban J connectivity index is 2.31. The Morgan fingerprint density at radius 2 is 2.00 bits per heavy atom. The Bertz CT molecular complexity index is 993. The molecule has 2 aromatic carbocycles. The van der Waals surface area contributed by atoms with Crippen LogP contribution in [0.2, 0.25) is 0 Å². The molecule has 0 saturated heterocycles. The van der Waals surface area contributed by atoms with E-state index in [0.29, 0.717) is 0 Å². The fourth-order valence-corrected chi connectivity index (χ4v) is 3.35. The first-order valence-electron chi connectivity index (χ1n) is 7.16. The van der Waals surface area contributed by atoms with Gasteiger partial charge in [-0.15, -0.1) is 6.58 Å². The van der Waals surface area contributed by atoms with Crippen LogP contribution in [-0.4, -0.2) is 9.55 Å². The average Bonchev–Trinajstić information content (AvgIpc) is 2.83. The molecule has 0 saturated carbocycles. The summed E-state index contributed by atoms with van der Waals surface area (Å²) in [6, 6.07) is 12.9. The molecule has 0 bridgehead atoms. The van der Waals surface area contributed by atoms with Crippen LogP contribution in [0.25, 0.3) is 32.6 Å². The van der Waals surface area contributed by atoms with E-state index < -0.39 is 0 Å². The molecule has 0 radical (unpaired) electrons. The van der Waals surface area contributed by atoms with Gasteiger partial charge in [0.2, 0.25) is 0 Å². The van der Waals surface area contributed by atoms with Crippen molar-refractivity contribution in [3.8, 4) is 0 Å². The molecule has 2 heterocycles. The van der Waals surface area contributed by atoms with E-state index in [1.807, 2.05) is 18.5 Å². The molecular formula is C19H16N2. The van der Waals surface area contributed by atoms with E-state index in [2.05, 4.69) is 59.5 Å². The smallest absolute Gasteiger partial charge is 0.0530 e. The molecule has 4 aromatic rings. The SMILES string of the molecule is C=CCn1c2ccccc2c2cc3cnccc3c(C)c21. The normalized spacial score (nSPS) is 11.5. The fraction of sp³-hybridized carbons (Fsp3) is 0.105. The molecule has 2 nitrogen and oxygen atoms in total. The van der Waals surface area contributed by atoms with Crippen molar-refractivity contribution in [1.82, 2.24) is 9.55 Å². The van der Waals surface area contributed by atoms with Crippen LogP contribution in [0.4, 0.5) is 0 Å². The second kappa shape index (κ2) is 4.45. The Morgan fingerprint density at radius 1 is 1.14 bits per heavy atom. The van der Waals surface area contributed by atoms with Crippen molar-refractivity contribution in [1.29, 1.82) is 0 Å². The number of aryl methyl sites for hydroxylation is 1. The van der Waals surface area contributed by atoms with Gasteiger partial charge in [-0.3, -0.25) is 4.98 Å². The predicted molar refractivity (Wildman–Crippen MR) is 89.7 cm³/mol. The zero-order chi connectivity index (χ0) is 14.4. The summed E-state index contributed by atoms with van der Waals surface area (Å²) in [6.07, 6.45) is 5.77. The van der Waals surface area contributed by atoms with Gasteiger partial charge in [0.25, 0.3) is 0 Å². The fourth-order valence-electron chi connectivity index (χ4n) is 3.35. The van der Waals surface area contributed by atoms with Crippen LogP contribution in [0, 0.1) is 6.92 Å². The van der Waals surface area contributed by atoms with Gasteiger partial charge in [-0.05, 0) is 36.1 Å². The van der Waals surface area contributed by atoms with Gasteiger partial charge < -0.3 is 4.57 Å². The van der Waals surface area contributed by atoms with E-state index in [1.165, 1.54) is 38.1 Å². The van der Waals surface area contributed by atoms with Crippen molar-refractivity contribution >= 4 is 32.6 Å². The van der Waals surface area contributed by atoms with Crippen LogP contribution in [0.3, 0.4) is 0 Å². The summed E-state index contributed by atoms with van der Waals surface area (Å²) < 4.78 is 2.35. The molecule has 21 heavy (non-hydrogen) atoms. The zero-order valence-electron chi connectivity index (χ0n) is 12.0. The maximum absolute atomic E-state index is 4.26. The Labute approximate surface area is 123 Å². The molecule has 0 fully saturated rings. The summed E-state index contributed by atoms with van der Waals surface area (Å²) in [6.45, 7) is 6.93. The van der Waals surface area contributed by atoms with Crippen molar-refractivity contribution in [2.24, 2.45) is 0 Å². The number of benzene rings is 2. The van der Waals surface area contributed by atoms with E-state index in [-0.39, 0.29) is 0 Å². The van der Waals surface area contributed by atoms with Crippen LogP contribution in [-0.2, 0) is 6.54 Å². The van der Waals surface area contributed by atoms with Crippen molar-refractivity contribution < 1.29 is 0 Å². The average molecular weight is 272 g/mol. The highest BCUT2D eigenvalue weighted by atomic mass is 15.0. The molecule has 2 aromatic heterocycles. The van der Waals surface area contributed by atoms with Crippen molar-refractivity contribution in [3.05, 3.63) is 67.0 Å². The largest absolute Gasteiger partial charge is 0.336 e. The number of para-hydroxylation sites is 1. The highest BCUT2D eigenvalue weighted by Crippen LogP contribution is 2.35. The molecule has 0 aliphatic rings. The number of nitrogens with zero attached hydrogens (tertiary/aromatic N) is 2. The number of hydrogen-bond acceptors (Lipinski definition) is 1. The third-order valence-corrected chi connectivity index (χ3v) is 4.23. The first kappa shape index (κ1) is 12.2. The van der Waals surface area contributed by atoms with E-state index in [1.54, 1.807) is 0 Å². The van der Waals surface area contributed by atoms with Gasteiger partial charge in [0.1, 0.15) is 0 Å². The highest BCUT2D eigenvalue weighted by Gasteiger charge is 2.13. The highest BCUT2D eigenvalue weighted by molar-refractivity contribution is 6.14. The maximum atomic E-state index is 4.26. The van der Waals surface area contributed by atoms with Crippen LogP contribution in [0.5, 0.6) is 0 Å². The molecule has 0 spiro atoms. The number of hydrogen-bond donors (Lipinski definition) is 0. The molecule has 0 atom stereocenters. The lowest BCUT2D eigenvalue weighted by Gasteiger charge is -2.08. The molecule has 0 amide bonds. The minimum Gasteiger partial charge on any atom is -0.336 e. The molecule has 2 heteroatoms.